The molecule has 0 amide bonds. The van der Waals surface area contributed by atoms with Crippen LogP contribution in [-0.2, 0) is 4.74 Å². The molecule has 0 aromatic heterocycles. The number of hydrogen-bond acceptors (Lipinski definition) is 3. The van der Waals surface area contributed by atoms with E-state index in [-0.39, 0.29) is 0 Å². The normalized spacial score (nSPS) is 30.3. The van der Waals surface area contributed by atoms with Crippen LogP contribution in [0.4, 0.5) is 0 Å². The average Bonchev–Trinajstić information content (AvgIpc) is 2.78. The first-order valence-corrected chi connectivity index (χ1v) is 7.85. The lowest BCUT2D eigenvalue weighted by Gasteiger charge is -2.35. The minimum Gasteiger partial charge on any atom is -0.378 e. The molecule has 0 radical (unpaired) electrons. The highest BCUT2D eigenvalue weighted by Gasteiger charge is 2.28. The van der Waals surface area contributed by atoms with E-state index in [0.29, 0.717) is 12.1 Å². The summed E-state index contributed by atoms with van der Waals surface area (Å²) in [5, 5.41) is 3.67. The van der Waals surface area contributed by atoms with Gasteiger partial charge in [-0.15, -0.1) is 0 Å². The fourth-order valence-corrected chi connectivity index (χ4v) is 3.23. The summed E-state index contributed by atoms with van der Waals surface area (Å²) in [6.07, 6.45) is 7.27. The van der Waals surface area contributed by atoms with E-state index in [0.717, 1.165) is 12.5 Å². The van der Waals surface area contributed by atoms with Gasteiger partial charge < -0.3 is 15.0 Å². The number of nitrogens with one attached hydrogen (secondary N) is 1. The van der Waals surface area contributed by atoms with E-state index >= 15 is 0 Å². The van der Waals surface area contributed by atoms with Crippen LogP contribution in [0.25, 0.3) is 0 Å². The molecule has 1 aliphatic carbocycles. The Hall–Kier alpha value is -0.120. The van der Waals surface area contributed by atoms with Crippen molar-refractivity contribution in [3.63, 3.8) is 0 Å². The first-order valence-electron chi connectivity index (χ1n) is 7.85. The molecule has 1 unspecified atom stereocenters. The average molecular weight is 254 g/mol. The second kappa shape index (κ2) is 7.46. The highest BCUT2D eigenvalue weighted by atomic mass is 16.5. The number of ether oxygens (including phenoxy) is 1. The minimum absolute atomic E-state index is 0.571. The molecule has 1 atom stereocenters. The Morgan fingerprint density at radius 3 is 2.67 bits per heavy atom. The lowest BCUT2D eigenvalue weighted by Crippen LogP contribution is -2.40. The summed E-state index contributed by atoms with van der Waals surface area (Å²) < 4.78 is 5.60. The lowest BCUT2D eigenvalue weighted by atomic mass is 9.80. The molecular formula is C15H30N2O. The molecule has 2 fully saturated rings. The van der Waals surface area contributed by atoms with Crippen molar-refractivity contribution in [1.29, 1.82) is 0 Å². The van der Waals surface area contributed by atoms with E-state index in [1.807, 2.05) is 0 Å². The van der Waals surface area contributed by atoms with E-state index in [4.69, 9.17) is 4.74 Å². The van der Waals surface area contributed by atoms with E-state index < -0.39 is 0 Å². The largest absolute Gasteiger partial charge is 0.378 e. The second-order valence-electron chi connectivity index (χ2n) is 6.07. The SMILES string of the molecule is CCOC1CC(CCNC(C)CN2CCCC2)C1. The molecule has 0 spiro atoms. The number of likely N-dealkylation sites (tertiary alicyclic amines) is 1. The van der Waals surface area contributed by atoms with Gasteiger partial charge in [-0.05, 0) is 71.5 Å². The number of hydrogen-bond donors (Lipinski definition) is 1. The van der Waals surface area contributed by atoms with Gasteiger partial charge in [0.15, 0.2) is 0 Å². The molecular weight excluding hydrogens is 224 g/mol. The van der Waals surface area contributed by atoms with Crippen molar-refractivity contribution in [1.82, 2.24) is 10.2 Å². The van der Waals surface area contributed by atoms with Gasteiger partial charge in [-0.1, -0.05) is 0 Å². The van der Waals surface area contributed by atoms with E-state index in [1.165, 1.54) is 58.3 Å². The maximum Gasteiger partial charge on any atom is 0.0580 e. The van der Waals surface area contributed by atoms with Gasteiger partial charge in [0.25, 0.3) is 0 Å². The van der Waals surface area contributed by atoms with Gasteiger partial charge in [-0.2, -0.15) is 0 Å². The molecule has 2 aliphatic rings. The molecule has 0 aromatic carbocycles. The third kappa shape index (κ3) is 4.52. The smallest absolute Gasteiger partial charge is 0.0580 e. The lowest BCUT2D eigenvalue weighted by molar-refractivity contribution is -0.0264. The molecule has 3 nitrogen and oxygen atoms in total. The fourth-order valence-electron chi connectivity index (χ4n) is 3.23. The predicted octanol–water partition coefficient (Wildman–Crippen LogP) is 2.27. The molecule has 106 valence electrons. The topological polar surface area (TPSA) is 24.5 Å². The number of rotatable bonds is 8. The zero-order valence-electron chi connectivity index (χ0n) is 12.2. The highest BCUT2D eigenvalue weighted by Crippen LogP contribution is 2.32. The van der Waals surface area contributed by atoms with Gasteiger partial charge in [0.2, 0.25) is 0 Å². The monoisotopic (exact) mass is 254 g/mol. The Morgan fingerprint density at radius 2 is 2.00 bits per heavy atom. The van der Waals surface area contributed by atoms with Crippen LogP contribution in [0.15, 0.2) is 0 Å². The van der Waals surface area contributed by atoms with Crippen molar-refractivity contribution in [2.75, 3.05) is 32.8 Å². The van der Waals surface area contributed by atoms with Gasteiger partial charge in [-0.3, -0.25) is 0 Å². The number of nitrogens with zero attached hydrogens (tertiary/aromatic N) is 1. The third-order valence-electron chi connectivity index (χ3n) is 4.37. The van der Waals surface area contributed by atoms with Crippen molar-refractivity contribution in [2.45, 2.75) is 58.1 Å². The minimum atomic E-state index is 0.571. The maximum atomic E-state index is 5.60. The van der Waals surface area contributed by atoms with Gasteiger partial charge in [0, 0.05) is 19.2 Å². The molecule has 1 heterocycles. The zero-order valence-corrected chi connectivity index (χ0v) is 12.2. The molecule has 0 bridgehead atoms. The fraction of sp³-hybridized carbons (Fsp3) is 1.00. The molecule has 18 heavy (non-hydrogen) atoms. The van der Waals surface area contributed by atoms with Crippen molar-refractivity contribution in [2.24, 2.45) is 5.92 Å². The van der Waals surface area contributed by atoms with Crippen LogP contribution in [-0.4, -0.2) is 49.8 Å². The summed E-state index contributed by atoms with van der Waals surface area (Å²) in [4.78, 5) is 2.59. The van der Waals surface area contributed by atoms with Crippen LogP contribution < -0.4 is 5.32 Å². The van der Waals surface area contributed by atoms with Crippen LogP contribution in [0.5, 0.6) is 0 Å². The Bertz CT molecular complexity index is 223. The van der Waals surface area contributed by atoms with Gasteiger partial charge in [-0.25, -0.2) is 0 Å². The molecule has 2 rings (SSSR count). The quantitative estimate of drug-likeness (QED) is 0.719. The first kappa shape index (κ1) is 14.3. The third-order valence-corrected chi connectivity index (χ3v) is 4.37. The van der Waals surface area contributed by atoms with Gasteiger partial charge in [0.05, 0.1) is 6.10 Å². The van der Waals surface area contributed by atoms with Gasteiger partial charge >= 0.3 is 0 Å². The summed E-state index contributed by atoms with van der Waals surface area (Å²) in [5.74, 6) is 0.910. The van der Waals surface area contributed by atoms with E-state index in [9.17, 15) is 0 Å². The van der Waals surface area contributed by atoms with Crippen molar-refractivity contribution >= 4 is 0 Å². The second-order valence-corrected chi connectivity index (χ2v) is 6.07. The van der Waals surface area contributed by atoms with E-state index in [1.54, 1.807) is 0 Å². The zero-order chi connectivity index (χ0) is 12.8. The summed E-state index contributed by atoms with van der Waals surface area (Å²) in [6, 6.07) is 0.644. The summed E-state index contributed by atoms with van der Waals surface area (Å²) in [7, 11) is 0. The van der Waals surface area contributed by atoms with Crippen LogP contribution >= 0.6 is 0 Å². The summed E-state index contributed by atoms with van der Waals surface area (Å²) in [5.41, 5.74) is 0. The molecule has 1 saturated carbocycles. The molecule has 1 saturated heterocycles. The predicted molar refractivity (Wildman–Crippen MR) is 75.9 cm³/mol. The highest BCUT2D eigenvalue weighted by molar-refractivity contribution is 4.81. The Morgan fingerprint density at radius 1 is 1.28 bits per heavy atom. The van der Waals surface area contributed by atoms with E-state index in [2.05, 4.69) is 24.1 Å². The van der Waals surface area contributed by atoms with Crippen molar-refractivity contribution < 1.29 is 4.74 Å². The maximum absolute atomic E-state index is 5.60. The molecule has 1 N–H and O–H groups in total. The standard InChI is InChI=1S/C15H30N2O/c1-3-18-15-10-14(11-15)6-7-16-13(2)12-17-8-4-5-9-17/h13-16H,3-12H2,1-2H3. The van der Waals surface area contributed by atoms with Crippen molar-refractivity contribution in [3.8, 4) is 0 Å². The molecule has 1 aliphatic heterocycles. The molecule has 0 aromatic rings. The summed E-state index contributed by atoms with van der Waals surface area (Å²) in [6.45, 7) is 10.3. The summed E-state index contributed by atoms with van der Waals surface area (Å²) >= 11 is 0. The Labute approximate surface area is 112 Å². The van der Waals surface area contributed by atoms with Crippen LogP contribution in [0, 0.1) is 5.92 Å². The van der Waals surface area contributed by atoms with Gasteiger partial charge in [0.1, 0.15) is 0 Å². The first-order chi connectivity index (χ1) is 8.78. The van der Waals surface area contributed by atoms with Crippen LogP contribution in [0.2, 0.25) is 0 Å². The van der Waals surface area contributed by atoms with Crippen LogP contribution in [0.1, 0.15) is 46.0 Å². The van der Waals surface area contributed by atoms with Crippen molar-refractivity contribution in [3.05, 3.63) is 0 Å². The van der Waals surface area contributed by atoms with Crippen LogP contribution in [0.3, 0.4) is 0 Å². The Kier molecular flexibility index (Phi) is 5.93. The Balaban J connectivity index is 1.45. The molecule has 3 heteroatoms.